The summed E-state index contributed by atoms with van der Waals surface area (Å²) in [6, 6.07) is 9.42. The van der Waals surface area contributed by atoms with Crippen molar-refractivity contribution in [2.75, 3.05) is 11.5 Å². The Morgan fingerprint density at radius 1 is 1.03 bits per heavy atom. The fraction of sp³-hybridized carbons (Fsp3) is 0.517. The Balaban J connectivity index is 1.28. The molecule has 4 saturated carbocycles. The first kappa shape index (κ1) is 24.3. The fourth-order valence-corrected chi connectivity index (χ4v) is 8.37. The first-order chi connectivity index (χ1) is 17.9. The van der Waals surface area contributed by atoms with Crippen LogP contribution in [-0.4, -0.2) is 41.2 Å². The summed E-state index contributed by atoms with van der Waals surface area (Å²) in [7, 11) is 0. The summed E-state index contributed by atoms with van der Waals surface area (Å²) in [4.78, 5) is 57.3. The van der Waals surface area contributed by atoms with E-state index in [-0.39, 0.29) is 30.7 Å². The molecule has 1 aromatic heterocycles. The molecule has 5 aliphatic rings. The van der Waals surface area contributed by atoms with E-state index >= 15 is 0 Å². The van der Waals surface area contributed by atoms with Crippen LogP contribution in [0.15, 0.2) is 41.8 Å². The predicted molar refractivity (Wildman–Crippen MR) is 139 cm³/mol. The molecule has 194 valence electrons. The molecule has 1 saturated heterocycles. The maximum Gasteiger partial charge on any atom is 0.338 e. The molecule has 1 atom stereocenters. The van der Waals surface area contributed by atoms with Gasteiger partial charge in [-0.3, -0.25) is 14.4 Å². The molecular weight excluding hydrogens is 488 g/mol. The predicted octanol–water partition coefficient (Wildman–Crippen LogP) is 4.80. The SMILES string of the molecule is CCOC(=O)c1ccc(N2C(=O)CC(N(Cc3cccs3)C(=O)C34CC5CC(CC(C5)C3)C4)C2=O)cc1. The lowest BCUT2D eigenvalue weighted by Gasteiger charge is -2.56. The van der Waals surface area contributed by atoms with E-state index in [2.05, 4.69) is 0 Å². The van der Waals surface area contributed by atoms with Crippen LogP contribution in [0, 0.1) is 23.2 Å². The van der Waals surface area contributed by atoms with Crippen LogP contribution in [0.5, 0.6) is 0 Å². The molecule has 4 bridgehead atoms. The first-order valence-electron chi connectivity index (χ1n) is 13.3. The van der Waals surface area contributed by atoms with E-state index in [1.807, 2.05) is 17.5 Å². The molecule has 8 heteroatoms. The molecule has 7 rings (SSSR count). The van der Waals surface area contributed by atoms with Gasteiger partial charge in [-0.2, -0.15) is 0 Å². The van der Waals surface area contributed by atoms with Gasteiger partial charge in [0, 0.05) is 4.88 Å². The third-order valence-corrected chi connectivity index (χ3v) is 9.66. The Bertz CT molecular complexity index is 1190. The summed E-state index contributed by atoms with van der Waals surface area (Å²) in [5.41, 5.74) is 0.366. The number of carbonyl (C=O) groups excluding carboxylic acids is 4. The van der Waals surface area contributed by atoms with Crippen molar-refractivity contribution in [2.45, 2.75) is 64.5 Å². The van der Waals surface area contributed by atoms with Gasteiger partial charge in [-0.1, -0.05) is 6.07 Å². The standard InChI is InChI=1S/C29H32N2O5S/c1-2-36-27(34)21-5-7-22(8-6-21)31-25(32)13-24(26(31)33)30(17-23-4-3-9-37-23)28(35)29-14-18-10-19(15-29)12-20(11-18)16-29/h3-9,18-20,24H,2,10-17H2,1H3. The van der Waals surface area contributed by atoms with Gasteiger partial charge < -0.3 is 9.64 Å². The third kappa shape index (κ3) is 4.29. The van der Waals surface area contributed by atoms with Crippen LogP contribution in [0.1, 0.15) is 67.1 Å². The average Bonchev–Trinajstić information content (AvgIpc) is 3.49. The van der Waals surface area contributed by atoms with Gasteiger partial charge in [0.25, 0.3) is 5.91 Å². The van der Waals surface area contributed by atoms with Crippen LogP contribution in [-0.2, 0) is 25.7 Å². The van der Waals surface area contributed by atoms with Gasteiger partial charge in [0.2, 0.25) is 11.8 Å². The number of imide groups is 1. The van der Waals surface area contributed by atoms with Crippen LogP contribution in [0.4, 0.5) is 5.69 Å². The highest BCUT2D eigenvalue weighted by molar-refractivity contribution is 7.09. The lowest BCUT2D eigenvalue weighted by atomic mass is 9.49. The summed E-state index contributed by atoms with van der Waals surface area (Å²) >= 11 is 1.56. The van der Waals surface area contributed by atoms with Crippen LogP contribution in [0.25, 0.3) is 0 Å². The molecule has 4 aliphatic carbocycles. The highest BCUT2D eigenvalue weighted by Crippen LogP contribution is 2.60. The van der Waals surface area contributed by atoms with E-state index in [1.165, 1.54) is 24.2 Å². The second-order valence-corrected chi connectivity index (χ2v) is 12.3. The zero-order valence-electron chi connectivity index (χ0n) is 21.1. The summed E-state index contributed by atoms with van der Waals surface area (Å²) < 4.78 is 5.03. The highest BCUT2D eigenvalue weighted by atomic mass is 32.1. The molecule has 3 amide bonds. The molecule has 2 heterocycles. The van der Waals surface area contributed by atoms with Crippen LogP contribution < -0.4 is 4.90 Å². The Kier molecular flexibility index (Phi) is 6.18. The zero-order valence-corrected chi connectivity index (χ0v) is 21.9. The monoisotopic (exact) mass is 520 g/mol. The van der Waals surface area contributed by atoms with Gasteiger partial charge in [0.05, 0.1) is 36.2 Å². The minimum atomic E-state index is -0.820. The molecule has 7 nitrogen and oxygen atoms in total. The molecule has 5 fully saturated rings. The lowest BCUT2D eigenvalue weighted by Crippen LogP contribution is -2.57. The number of hydrogen-bond acceptors (Lipinski definition) is 6. The van der Waals surface area contributed by atoms with Crippen molar-refractivity contribution >= 4 is 40.7 Å². The minimum absolute atomic E-state index is 0.0259. The highest BCUT2D eigenvalue weighted by Gasteiger charge is 2.57. The first-order valence-corrected chi connectivity index (χ1v) is 14.2. The van der Waals surface area contributed by atoms with Crippen molar-refractivity contribution in [1.82, 2.24) is 4.90 Å². The minimum Gasteiger partial charge on any atom is -0.462 e. The van der Waals surface area contributed by atoms with Crippen molar-refractivity contribution in [3.05, 3.63) is 52.2 Å². The van der Waals surface area contributed by atoms with Gasteiger partial charge in [0.15, 0.2) is 0 Å². The number of hydrogen-bond donors (Lipinski definition) is 0. The normalized spacial score (nSPS) is 30.1. The fourth-order valence-electron chi connectivity index (χ4n) is 7.66. The van der Waals surface area contributed by atoms with Crippen molar-refractivity contribution in [3.8, 4) is 0 Å². The average molecular weight is 521 g/mol. The number of amides is 3. The van der Waals surface area contributed by atoms with Crippen molar-refractivity contribution in [1.29, 1.82) is 0 Å². The Morgan fingerprint density at radius 3 is 2.24 bits per heavy atom. The maximum atomic E-state index is 14.4. The van der Waals surface area contributed by atoms with Gasteiger partial charge in [-0.15, -0.1) is 11.3 Å². The van der Waals surface area contributed by atoms with E-state index < -0.39 is 17.4 Å². The number of ether oxygens (including phenoxy) is 1. The van der Waals surface area contributed by atoms with E-state index in [4.69, 9.17) is 4.74 Å². The molecule has 1 unspecified atom stereocenters. The third-order valence-electron chi connectivity index (χ3n) is 8.79. The smallest absolute Gasteiger partial charge is 0.338 e. The van der Waals surface area contributed by atoms with Gasteiger partial charge in [-0.05, 0) is 98.9 Å². The second-order valence-electron chi connectivity index (χ2n) is 11.3. The number of carbonyl (C=O) groups is 4. The van der Waals surface area contributed by atoms with Crippen molar-refractivity contribution < 1.29 is 23.9 Å². The Labute approximate surface area is 220 Å². The molecule has 1 aromatic carbocycles. The summed E-state index contributed by atoms with van der Waals surface area (Å²) in [5.74, 6) is 0.731. The van der Waals surface area contributed by atoms with Crippen molar-refractivity contribution in [3.63, 3.8) is 0 Å². The lowest BCUT2D eigenvalue weighted by molar-refractivity contribution is -0.162. The summed E-state index contributed by atoms with van der Waals surface area (Å²) in [5, 5.41) is 1.97. The van der Waals surface area contributed by atoms with Crippen molar-refractivity contribution in [2.24, 2.45) is 23.2 Å². The topological polar surface area (TPSA) is 84.0 Å². The van der Waals surface area contributed by atoms with E-state index in [0.29, 0.717) is 35.5 Å². The molecule has 2 aromatic rings. The van der Waals surface area contributed by atoms with E-state index in [0.717, 1.165) is 24.1 Å². The molecule has 0 radical (unpaired) electrons. The quantitative estimate of drug-likeness (QED) is 0.387. The molecular formula is C29H32N2O5S. The Morgan fingerprint density at radius 2 is 1.68 bits per heavy atom. The number of rotatable bonds is 7. The second kappa shape index (κ2) is 9.39. The van der Waals surface area contributed by atoms with E-state index in [1.54, 1.807) is 47.4 Å². The molecule has 37 heavy (non-hydrogen) atoms. The van der Waals surface area contributed by atoms with Gasteiger partial charge in [-0.25, -0.2) is 9.69 Å². The van der Waals surface area contributed by atoms with E-state index in [9.17, 15) is 19.2 Å². The maximum absolute atomic E-state index is 14.4. The number of benzene rings is 1. The number of thiophene rings is 1. The summed E-state index contributed by atoms with van der Waals surface area (Å²) in [6.45, 7) is 2.35. The van der Waals surface area contributed by atoms with Crippen LogP contribution >= 0.6 is 11.3 Å². The molecule has 1 aliphatic heterocycles. The molecule has 0 N–H and O–H groups in total. The van der Waals surface area contributed by atoms with Crippen LogP contribution in [0.3, 0.4) is 0 Å². The zero-order chi connectivity index (χ0) is 25.7. The largest absolute Gasteiger partial charge is 0.462 e. The Hall–Kier alpha value is -3.00. The van der Waals surface area contributed by atoms with Gasteiger partial charge >= 0.3 is 5.97 Å². The number of esters is 1. The number of anilines is 1. The number of nitrogens with zero attached hydrogens (tertiary/aromatic N) is 2. The summed E-state index contributed by atoms with van der Waals surface area (Å²) in [6.07, 6.45) is 6.39. The molecule has 0 spiro atoms. The van der Waals surface area contributed by atoms with Gasteiger partial charge in [0.1, 0.15) is 6.04 Å². The van der Waals surface area contributed by atoms with Crippen LogP contribution in [0.2, 0.25) is 0 Å².